The van der Waals surface area contributed by atoms with Crippen molar-refractivity contribution in [3.05, 3.63) is 211 Å². The van der Waals surface area contributed by atoms with Crippen LogP contribution in [0.4, 0.5) is 17.1 Å². The van der Waals surface area contributed by atoms with E-state index in [9.17, 15) is 0 Å². The lowest BCUT2D eigenvalue weighted by Crippen LogP contribution is -2.35. The molecular weight excluding hydrogens is 579 g/mol. The van der Waals surface area contributed by atoms with Crippen molar-refractivity contribution in [1.29, 1.82) is 0 Å². The first-order chi connectivity index (χ1) is 23.9. The summed E-state index contributed by atoms with van der Waals surface area (Å²) in [6, 6.07) is 62.4. The van der Waals surface area contributed by atoms with Gasteiger partial charge in [0.2, 0.25) is 0 Å². The Bertz CT molecular complexity index is 2320. The maximum absolute atomic E-state index is 2.50. The van der Waals surface area contributed by atoms with Crippen molar-refractivity contribution in [2.24, 2.45) is 5.92 Å². The van der Waals surface area contributed by atoms with Crippen LogP contribution in [0.25, 0.3) is 33.0 Å². The summed E-state index contributed by atoms with van der Waals surface area (Å²) in [5.74, 6) is 0.243. The fraction of sp³-hybridized carbons (Fsp3) is 0.0638. The first kappa shape index (κ1) is 28.3. The largest absolute Gasteiger partial charge is 0.309 e. The summed E-state index contributed by atoms with van der Waals surface area (Å²) in [6.07, 6.45) is 10.2. The van der Waals surface area contributed by atoms with E-state index in [-0.39, 0.29) is 11.3 Å². The highest BCUT2D eigenvalue weighted by Gasteiger charge is 2.51. The number of benzene rings is 7. The number of anilines is 3. The van der Waals surface area contributed by atoms with E-state index in [1.54, 1.807) is 0 Å². The Morgan fingerprint density at radius 2 is 1.19 bits per heavy atom. The molecule has 0 fully saturated rings. The van der Waals surface area contributed by atoms with Crippen molar-refractivity contribution in [3.8, 4) is 22.3 Å². The molecule has 0 spiro atoms. The molecule has 228 valence electrons. The van der Waals surface area contributed by atoms with Gasteiger partial charge in [-0.3, -0.25) is 0 Å². The fourth-order valence-electron chi connectivity index (χ4n) is 8.39. The first-order valence-electron chi connectivity index (χ1n) is 16.9. The van der Waals surface area contributed by atoms with E-state index in [2.05, 4.69) is 199 Å². The standard InChI is InChI=1S/C47H35N/c1-5-19-34(20-6-1)39-28-16-18-32-43(39)48(38-26-11-4-12-27-38)44-33-35-21-13-14-29-40(35)46-45(44)41-30-15-17-31-42(41)47(46,36-22-7-2-8-23-36)37-24-9-3-10-25-37/h1-24,26-33,37H,25H2. The summed E-state index contributed by atoms with van der Waals surface area (Å²) >= 11 is 0. The van der Waals surface area contributed by atoms with Gasteiger partial charge in [-0.25, -0.2) is 0 Å². The zero-order chi connectivity index (χ0) is 31.9. The minimum absolute atomic E-state index is 0.243. The highest BCUT2D eigenvalue weighted by molar-refractivity contribution is 6.07. The molecule has 0 saturated carbocycles. The van der Waals surface area contributed by atoms with E-state index in [0.29, 0.717) is 0 Å². The number of hydrogen-bond donors (Lipinski definition) is 0. The maximum atomic E-state index is 2.50. The van der Waals surface area contributed by atoms with E-state index in [0.717, 1.165) is 17.8 Å². The maximum Gasteiger partial charge on any atom is 0.0550 e. The van der Waals surface area contributed by atoms with Gasteiger partial charge in [-0.1, -0.05) is 170 Å². The molecule has 1 heteroatoms. The van der Waals surface area contributed by atoms with Gasteiger partial charge >= 0.3 is 0 Å². The van der Waals surface area contributed by atoms with Crippen molar-refractivity contribution < 1.29 is 0 Å². The van der Waals surface area contributed by atoms with E-state index in [1.807, 2.05) is 0 Å². The van der Waals surface area contributed by atoms with Crippen LogP contribution >= 0.6 is 0 Å². The van der Waals surface area contributed by atoms with Gasteiger partial charge in [0.05, 0.1) is 16.8 Å². The van der Waals surface area contributed by atoms with Crippen LogP contribution in [0.15, 0.2) is 194 Å². The number of hydrogen-bond acceptors (Lipinski definition) is 1. The molecule has 0 saturated heterocycles. The van der Waals surface area contributed by atoms with Crippen molar-refractivity contribution in [1.82, 2.24) is 0 Å². The van der Waals surface area contributed by atoms with Crippen LogP contribution in [-0.4, -0.2) is 0 Å². The third kappa shape index (κ3) is 4.32. The zero-order valence-corrected chi connectivity index (χ0v) is 26.7. The van der Waals surface area contributed by atoms with Crippen LogP contribution in [0, 0.1) is 5.92 Å². The molecule has 7 aromatic rings. The molecule has 9 rings (SSSR count). The number of rotatable bonds is 6. The van der Waals surface area contributed by atoms with Crippen molar-refractivity contribution in [3.63, 3.8) is 0 Å². The van der Waals surface area contributed by atoms with Crippen LogP contribution in [0.3, 0.4) is 0 Å². The number of fused-ring (bicyclic) bond motifs is 5. The lowest BCUT2D eigenvalue weighted by molar-refractivity contribution is 0.460. The average molecular weight is 614 g/mol. The predicted molar refractivity (Wildman–Crippen MR) is 202 cm³/mol. The van der Waals surface area contributed by atoms with Crippen LogP contribution in [0.2, 0.25) is 0 Å². The second-order valence-electron chi connectivity index (χ2n) is 12.8. The Hall–Kier alpha value is -5.92. The molecule has 0 heterocycles. The highest BCUT2D eigenvalue weighted by atomic mass is 15.1. The number of allylic oxidation sites excluding steroid dienone is 4. The monoisotopic (exact) mass is 613 g/mol. The highest BCUT2D eigenvalue weighted by Crippen LogP contribution is 2.63. The van der Waals surface area contributed by atoms with Crippen molar-refractivity contribution in [2.75, 3.05) is 4.90 Å². The second kappa shape index (κ2) is 11.7. The summed E-state index contributed by atoms with van der Waals surface area (Å²) in [6.45, 7) is 0. The topological polar surface area (TPSA) is 3.24 Å². The van der Waals surface area contributed by atoms with Gasteiger partial charge in [0, 0.05) is 16.8 Å². The smallest absolute Gasteiger partial charge is 0.0550 e. The molecule has 48 heavy (non-hydrogen) atoms. The van der Waals surface area contributed by atoms with Gasteiger partial charge < -0.3 is 4.90 Å². The molecule has 0 aliphatic heterocycles. The second-order valence-corrected chi connectivity index (χ2v) is 12.8. The van der Waals surface area contributed by atoms with Gasteiger partial charge in [0.15, 0.2) is 0 Å². The van der Waals surface area contributed by atoms with Gasteiger partial charge in [-0.15, -0.1) is 0 Å². The molecule has 0 N–H and O–H groups in total. The van der Waals surface area contributed by atoms with Gasteiger partial charge in [0.25, 0.3) is 0 Å². The fourth-order valence-corrected chi connectivity index (χ4v) is 8.39. The van der Waals surface area contributed by atoms with Crippen LogP contribution in [0.1, 0.15) is 23.1 Å². The first-order valence-corrected chi connectivity index (χ1v) is 16.9. The molecular formula is C47H35N. The van der Waals surface area contributed by atoms with Crippen LogP contribution < -0.4 is 4.90 Å². The Morgan fingerprint density at radius 3 is 1.96 bits per heavy atom. The van der Waals surface area contributed by atoms with Crippen molar-refractivity contribution in [2.45, 2.75) is 11.8 Å². The SMILES string of the molecule is C1=CCC(C2(c3ccccc3)c3ccccc3-c3c(N(c4ccccc4)c4ccccc4-c4ccccc4)cc4ccccc4c32)C=C1. The van der Waals surface area contributed by atoms with Gasteiger partial charge in [-0.05, 0) is 75.2 Å². The average Bonchev–Trinajstić information content (AvgIpc) is 3.49. The molecule has 2 atom stereocenters. The van der Waals surface area contributed by atoms with Gasteiger partial charge in [-0.2, -0.15) is 0 Å². The lowest BCUT2D eigenvalue weighted by atomic mass is 9.61. The normalized spacial score (nSPS) is 17.6. The molecule has 7 aromatic carbocycles. The van der Waals surface area contributed by atoms with E-state index < -0.39 is 0 Å². The molecule has 2 unspecified atom stereocenters. The summed E-state index contributed by atoms with van der Waals surface area (Å²) < 4.78 is 0. The van der Waals surface area contributed by atoms with E-state index in [1.165, 1.54) is 55.4 Å². The van der Waals surface area contributed by atoms with Gasteiger partial charge in [0.1, 0.15) is 0 Å². The Morgan fingerprint density at radius 1 is 0.542 bits per heavy atom. The predicted octanol–water partition coefficient (Wildman–Crippen LogP) is 12.4. The summed E-state index contributed by atoms with van der Waals surface area (Å²) in [4.78, 5) is 2.50. The zero-order valence-electron chi connectivity index (χ0n) is 26.7. The quantitative estimate of drug-likeness (QED) is 0.180. The summed E-state index contributed by atoms with van der Waals surface area (Å²) in [5.41, 5.74) is 12.2. The Kier molecular flexibility index (Phi) is 6.91. The summed E-state index contributed by atoms with van der Waals surface area (Å²) in [5, 5.41) is 2.55. The minimum atomic E-state index is -0.384. The van der Waals surface area contributed by atoms with E-state index >= 15 is 0 Å². The molecule has 0 aromatic heterocycles. The summed E-state index contributed by atoms with van der Waals surface area (Å²) in [7, 11) is 0. The Balaban J connectivity index is 1.45. The third-order valence-corrected chi connectivity index (χ3v) is 10.3. The molecule has 1 nitrogen and oxygen atoms in total. The third-order valence-electron chi connectivity index (χ3n) is 10.3. The van der Waals surface area contributed by atoms with E-state index in [4.69, 9.17) is 0 Å². The molecule has 0 amide bonds. The van der Waals surface area contributed by atoms with Crippen molar-refractivity contribution >= 4 is 27.8 Å². The molecule has 0 bridgehead atoms. The number of para-hydroxylation sites is 2. The van der Waals surface area contributed by atoms with Crippen LogP contribution in [0.5, 0.6) is 0 Å². The molecule has 2 aliphatic carbocycles. The molecule has 0 radical (unpaired) electrons. The molecule has 2 aliphatic rings. The minimum Gasteiger partial charge on any atom is -0.309 e. The Labute approximate surface area is 282 Å². The lowest BCUT2D eigenvalue weighted by Gasteiger charge is -2.40. The number of nitrogens with zero attached hydrogens (tertiary/aromatic N) is 1. The van der Waals surface area contributed by atoms with Crippen LogP contribution in [-0.2, 0) is 5.41 Å².